The van der Waals surface area contributed by atoms with Crippen LogP contribution < -0.4 is 15.4 Å². The molecule has 2 aromatic carbocycles. The van der Waals surface area contributed by atoms with Gasteiger partial charge in [-0.05, 0) is 48.9 Å². The Balaban J connectivity index is 2.01. The molecule has 0 bridgehead atoms. The molecule has 5 nitrogen and oxygen atoms in total. The van der Waals surface area contributed by atoms with Crippen LogP contribution in [0.2, 0.25) is 0 Å². The molecule has 2 aromatic rings. The van der Waals surface area contributed by atoms with E-state index in [4.69, 9.17) is 4.74 Å². The lowest BCUT2D eigenvalue weighted by atomic mass is 10.2. The maximum absolute atomic E-state index is 12.3. The van der Waals surface area contributed by atoms with Crippen LogP contribution in [0.15, 0.2) is 48.5 Å². The highest BCUT2D eigenvalue weighted by Gasteiger charge is 2.09. The molecule has 0 fully saturated rings. The summed E-state index contributed by atoms with van der Waals surface area (Å²) in [6, 6.07) is 14.1. The van der Waals surface area contributed by atoms with E-state index in [0.717, 1.165) is 12.2 Å². The van der Waals surface area contributed by atoms with Crippen molar-refractivity contribution in [3.05, 3.63) is 54.1 Å². The second-order valence-corrected chi connectivity index (χ2v) is 6.05. The van der Waals surface area contributed by atoms with Crippen molar-refractivity contribution in [3.63, 3.8) is 0 Å². The minimum Gasteiger partial charge on any atom is -0.494 e. The van der Waals surface area contributed by atoms with Gasteiger partial charge in [-0.1, -0.05) is 26.8 Å². The molecule has 0 atom stereocenters. The van der Waals surface area contributed by atoms with Crippen molar-refractivity contribution in [1.82, 2.24) is 0 Å². The number of ether oxygens (including phenoxy) is 1. The predicted octanol–water partition coefficient (Wildman–Crippen LogP) is 4.32. The lowest BCUT2D eigenvalue weighted by Crippen LogP contribution is -2.18. The van der Waals surface area contributed by atoms with Crippen molar-refractivity contribution in [1.29, 1.82) is 0 Å². The van der Waals surface area contributed by atoms with Crippen LogP contribution in [0.25, 0.3) is 0 Å². The summed E-state index contributed by atoms with van der Waals surface area (Å²) in [6.45, 7) is 6.35. The number of amides is 2. The van der Waals surface area contributed by atoms with Crippen LogP contribution in [0.4, 0.5) is 11.4 Å². The molecular formula is C20H24N2O3. The minimum atomic E-state index is -0.214. The van der Waals surface area contributed by atoms with Crippen LogP contribution in [-0.4, -0.2) is 18.4 Å². The van der Waals surface area contributed by atoms with E-state index in [1.165, 1.54) is 0 Å². The Labute approximate surface area is 148 Å². The normalized spacial score (nSPS) is 10.4. The maximum Gasteiger partial charge on any atom is 0.255 e. The molecule has 132 valence electrons. The third-order valence-electron chi connectivity index (χ3n) is 3.50. The quantitative estimate of drug-likeness (QED) is 0.788. The van der Waals surface area contributed by atoms with Crippen molar-refractivity contribution in [2.75, 3.05) is 17.2 Å². The van der Waals surface area contributed by atoms with E-state index in [2.05, 4.69) is 10.6 Å². The summed E-state index contributed by atoms with van der Waals surface area (Å²) in [5.41, 5.74) is 1.82. The monoisotopic (exact) mass is 340 g/mol. The molecule has 5 heteroatoms. The minimum absolute atomic E-state index is 0.0638. The summed E-state index contributed by atoms with van der Waals surface area (Å²) in [5, 5.41) is 5.65. The van der Waals surface area contributed by atoms with Gasteiger partial charge in [0.2, 0.25) is 5.91 Å². The van der Waals surface area contributed by atoms with Gasteiger partial charge in [-0.25, -0.2) is 0 Å². The molecule has 25 heavy (non-hydrogen) atoms. The molecule has 0 unspecified atom stereocenters. The van der Waals surface area contributed by atoms with Crippen molar-refractivity contribution in [3.8, 4) is 5.75 Å². The highest BCUT2D eigenvalue weighted by atomic mass is 16.5. The second-order valence-electron chi connectivity index (χ2n) is 6.05. The molecule has 2 rings (SSSR count). The zero-order valence-electron chi connectivity index (χ0n) is 14.8. The van der Waals surface area contributed by atoms with Gasteiger partial charge in [0.05, 0.1) is 6.61 Å². The summed E-state index contributed by atoms with van der Waals surface area (Å²) < 4.78 is 5.51. The Kier molecular flexibility index (Phi) is 6.57. The van der Waals surface area contributed by atoms with E-state index in [-0.39, 0.29) is 17.7 Å². The average Bonchev–Trinajstić information content (AvgIpc) is 2.60. The number of anilines is 2. The number of carbonyl (C=O) groups excluding carboxylic acids is 2. The molecule has 0 aromatic heterocycles. The Morgan fingerprint density at radius 3 is 2.24 bits per heavy atom. The molecule has 0 aliphatic rings. The van der Waals surface area contributed by atoms with E-state index in [9.17, 15) is 9.59 Å². The van der Waals surface area contributed by atoms with Crippen molar-refractivity contribution in [2.45, 2.75) is 27.2 Å². The Morgan fingerprint density at radius 1 is 1.00 bits per heavy atom. The highest BCUT2D eigenvalue weighted by molar-refractivity contribution is 6.04. The lowest BCUT2D eigenvalue weighted by Gasteiger charge is -2.10. The largest absolute Gasteiger partial charge is 0.494 e. The fraction of sp³-hybridized carbons (Fsp3) is 0.300. The zero-order valence-corrected chi connectivity index (χ0v) is 14.8. The van der Waals surface area contributed by atoms with E-state index >= 15 is 0 Å². The number of hydrogen-bond acceptors (Lipinski definition) is 3. The third kappa shape index (κ3) is 5.64. The SMILES string of the molecule is CCCOc1ccc(C(=O)Nc2cccc(NC(=O)C(C)C)c2)cc1. The van der Waals surface area contributed by atoms with E-state index in [1.807, 2.05) is 20.8 Å². The molecule has 0 radical (unpaired) electrons. The van der Waals surface area contributed by atoms with Gasteiger partial charge in [0.25, 0.3) is 5.91 Å². The molecule has 0 saturated heterocycles. The van der Waals surface area contributed by atoms with Gasteiger partial charge in [-0.3, -0.25) is 9.59 Å². The van der Waals surface area contributed by atoms with Crippen LogP contribution in [0, 0.1) is 5.92 Å². The van der Waals surface area contributed by atoms with Crippen LogP contribution >= 0.6 is 0 Å². The summed E-state index contributed by atoms with van der Waals surface area (Å²) in [7, 11) is 0. The Morgan fingerprint density at radius 2 is 1.64 bits per heavy atom. The van der Waals surface area contributed by atoms with Crippen LogP contribution in [0.3, 0.4) is 0 Å². The first-order chi connectivity index (χ1) is 12.0. The van der Waals surface area contributed by atoms with E-state index < -0.39 is 0 Å². The fourth-order valence-electron chi connectivity index (χ4n) is 2.09. The first-order valence-electron chi connectivity index (χ1n) is 8.44. The number of carbonyl (C=O) groups is 2. The maximum atomic E-state index is 12.3. The molecule has 0 aliphatic heterocycles. The van der Waals surface area contributed by atoms with Crippen molar-refractivity contribution >= 4 is 23.2 Å². The van der Waals surface area contributed by atoms with Crippen LogP contribution in [0.5, 0.6) is 5.75 Å². The first kappa shape index (κ1) is 18.5. The summed E-state index contributed by atoms with van der Waals surface area (Å²) in [4.78, 5) is 24.1. The van der Waals surface area contributed by atoms with Crippen LogP contribution in [0.1, 0.15) is 37.6 Å². The fourth-order valence-corrected chi connectivity index (χ4v) is 2.09. The molecule has 0 saturated carbocycles. The number of benzene rings is 2. The zero-order chi connectivity index (χ0) is 18.2. The summed E-state index contributed by atoms with van der Waals surface area (Å²) >= 11 is 0. The summed E-state index contributed by atoms with van der Waals surface area (Å²) in [6.07, 6.45) is 0.936. The Hall–Kier alpha value is -2.82. The average molecular weight is 340 g/mol. The molecular weight excluding hydrogens is 316 g/mol. The topological polar surface area (TPSA) is 67.4 Å². The third-order valence-corrected chi connectivity index (χ3v) is 3.50. The molecule has 0 spiro atoms. The number of rotatable bonds is 7. The van der Waals surface area contributed by atoms with Crippen molar-refractivity contribution < 1.29 is 14.3 Å². The van der Waals surface area contributed by atoms with Gasteiger partial charge < -0.3 is 15.4 Å². The van der Waals surface area contributed by atoms with Gasteiger partial charge in [-0.2, -0.15) is 0 Å². The van der Waals surface area contributed by atoms with E-state index in [1.54, 1.807) is 48.5 Å². The second kappa shape index (κ2) is 8.87. The van der Waals surface area contributed by atoms with Crippen LogP contribution in [-0.2, 0) is 4.79 Å². The Bertz CT molecular complexity index is 724. The predicted molar refractivity (Wildman–Crippen MR) is 100 cm³/mol. The number of nitrogens with one attached hydrogen (secondary N) is 2. The van der Waals surface area contributed by atoms with Gasteiger partial charge in [-0.15, -0.1) is 0 Å². The molecule has 0 heterocycles. The van der Waals surface area contributed by atoms with Gasteiger partial charge in [0.1, 0.15) is 5.75 Å². The van der Waals surface area contributed by atoms with Gasteiger partial charge in [0.15, 0.2) is 0 Å². The van der Waals surface area contributed by atoms with Gasteiger partial charge >= 0.3 is 0 Å². The smallest absolute Gasteiger partial charge is 0.255 e. The molecule has 2 N–H and O–H groups in total. The number of hydrogen-bond donors (Lipinski definition) is 2. The highest BCUT2D eigenvalue weighted by Crippen LogP contribution is 2.18. The summed E-state index contributed by atoms with van der Waals surface area (Å²) in [5.74, 6) is 0.365. The first-order valence-corrected chi connectivity index (χ1v) is 8.44. The lowest BCUT2D eigenvalue weighted by molar-refractivity contribution is -0.118. The van der Waals surface area contributed by atoms with Gasteiger partial charge in [0, 0.05) is 22.9 Å². The molecule has 0 aliphatic carbocycles. The molecule has 2 amide bonds. The standard InChI is InChI=1S/C20H24N2O3/c1-4-12-25-18-10-8-15(9-11-18)20(24)22-17-7-5-6-16(13-17)21-19(23)14(2)3/h5-11,13-14H,4,12H2,1-3H3,(H,21,23)(H,22,24). The van der Waals surface area contributed by atoms with Crippen molar-refractivity contribution in [2.24, 2.45) is 5.92 Å². The van der Waals surface area contributed by atoms with E-state index in [0.29, 0.717) is 23.5 Å².